The van der Waals surface area contributed by atoms with E-state index in [1.807, 2.05) is 0 Å². The molecule has 0 fully saturated rings. The third kappa shape index (κ3) is 32.6. The molecule has 0 aromatic carbocycles. The highest BCUT2D eigenvalue weighted by Gasteiger charge is 1.97. The zero-order valence-electron chi connectivity index (χ0n) is 18.9. The molecule has 2 N–H and O–H groups in total. The molecule has 0 aliphatic carbocycles. The van der Waals surface area contributed by atoms with Crippen LogP contribution < -0.4 is 0 Å². The van der Waals surface area contributed by atoms with E-state index < -0.39 is 11.9 Å². The minimum absolute atomic E-state index is 0.327. The van der Waals surface area contributed by atoms with Gasteiger partial charge in [-0.15, -0.1) is 0 Å². The first-order chi connectivity index (χ1) is 13.5. The average Bonchev–Trinajstić information content (AvgIpc) is 2.65. The number of rotatable bonds is 20. The van der Waals surface area contributed by atoms with Crippen molar-refractivity contribution in [3.05, 3.63) is 0 Å². The second-order valence-corrected chi connectivity index (χ2v) is 7.94. The number of aliphatic carboxylic acids is 2. The molecule has 0 bridgehead atoms. The molecule has 0 aliphatic rings. The van der Waals surface area contributed by atoms with Crippen molar-refractivity contribution in [2.45, 2.75) is 142 Å². The maximum atomic E-state index is 10.3. The van der Waals surface area contributed by atoms with E-state index >= 15 is 0 Å². The van der Waals surface area contributed by atoms with E-state index in [2.05, 4.69) is 13.8 Å². The summed E-state index contributed by atoms with van der Waals surface area (Å²) in [5.74, 6) is -1.34. The van der Waals surface area contributed by atoms with Crippen LogP contribution in [0.25, 0.3) is 0 Å². The molecule has 0 saturated heterocycles. The molecule has 0 amide bonds. The molecule has 4 heteroatoms. The predicted molar refractivity (Wildman–Crippen MR) is 119 cm³/mol. The molecule has 0 radical (unpaired) electrons. The Morgan fingerprint density at radius 2 is 0.643 bits per heavy atom. The van der Waals surface area contributed by atoms with Gasteiger partial charge in [-0.05, 0) is 12.8 Å². The van der Waals surface area contributed by atoms with Crippen molar-refractivity contribution < 1.29 is 19.8 Å². The van der Waals surface area contributed by atoms with Gasteiger partial charge in [0.15, 0.2) is 0 Å². The summed E-state index contributed by atoms with van der Waals surface area (Å²) in [5.41, 5.74) is 0. The SMILES string of the molecule is CCCCCC(=O)O.CCCCCCCCCCCCCCCCCC(=O)O. The summed E-state index contributed by atoms with van der Waals surface area (Å²) in [6, 6.07) is 0. The van der Waals surface area contributed by atoms with Gasteiger partial charge in [-0.3, -0.25) is 9.59 Å². The number of hydrogen-bond donors (Lipinski definition) is 2. The zero-order chi connectivity index (χ0) is 21.3. The first-order valence-electron chi connectivity index (χ1n) is 12.0. The van der Waals surface area contributed by atoms with E-state index in [-0.39, 0.29) is 0 Å². The third-order valence-corrected chi connectivity index (χ3v) is 4.99. The van der Waals surface area contributed by atoms with Crippen molar-refractivity contribution in [3.63, 3.8) is 0 Å². The maximum Gasteiger partial charge on any atom is 0.303 e. The van der Waals surface area contributed by atoms with Gasteiger partial charge in [-0.25, -0.2) is 0 Å². The molecule has 0 atom stereocenters. The summed E-state index contributed by atoms with van der Waals surface area (Å²) < 4.78 is 0. The second kappa shape index (κ2) is 25.9. The van der Waals surface area contributed by atoms with E-state index in [0.717, 1.165) is 32.1 Å². The van der Waals surface area contributed by atoms with Crippen LogP contribution in [0.3, 0.4) is 0 Å². The van der Waals surface area contributed by atoms with Gasteiger partial charge in [-0.2, -0.15) is 0 Å². The van der Waals surface area contributed by atoms with Crippen molar-refractivity contribution in [3.8, 4) is 0 Å². The van der Waals surface area contributed by atoms with Gasteiger partial charge in [-0.1, -0.05) is 117 Å². The van der Waals surface area contributed by atoms with Crippen LogP contribution in [0.2, 0.25) is 0 Å². The lowest BCUT2D eigenvalue weighted by Gasteiger charge is -2.03. The van der Waals surface area contributed by atoms with Crippen molar-refractivity contribution in [1.29, 1.82) is 0 Å². The molecule has 4 nitrogen and oxygen atoms in total. The van der Waals surface area contributed by atoms with Crippen LogP contribution in [-0.4, -0.2) is 22.2 Å². The number of carboxylic acids is 2. The van der Waals surface area contributed by atoms with E-state index in [1.54, 1.807) is 0 Å². The summed E-state index contributed by atoms with van der Waals surface area (Å²) in [5, 5.41) is 16.7. The second-order valence-electron chi connectivity index (χ2n) is 7.94. The topological polar surface area (TPSA) is 74.6 Å². The Hall–Kier alpha value is -1.06. The summed E-state index contributed by atoms with van der Waals surface area (Å²) in [6.45, 7) is 4.33. The summed E-state index contributed by atoms with van der Waals surface area (Å²) >= 11 is 0. The molecule has 0 aromatic heterocycles. The first-order valence-corrected chi connectivity index (χ1v) is 12.0. The van der Waals surface area contributed by atoms with Gasteiger partial charge in [0, 0.05) is 12.8 Å². The fourth-order valence-corrected chi connectivity index (χ4v) is 3.17. The van der Waals surface area contributed by atoms with Gasteiger partial charge >= 0.3 is 11.9 Å². The normalized spacial score (nSPS) is 10.4. The fourth-order valence-electron chi connectivity index (χ4n) is 3.17. The minimum Gasteiger partial charge on any atom is -0.481 e. The van der Waals surface area contributed by atoms with Gasteiger partial charge in [0.05, 0.1) is 0 Å². The van der Waals surface area contributed by atoms with E-state index in [1.165, 1.54) is 83.5 Å². The van der Waals surface area contributed by atoms with Crippen molar-refractivity contribution in [1.82, 2.24) is 0 Å². The van der Waals surface area contributed by atoms with Crippen molar-refractivity contribution in [2.75, 3.05) is 0 Å². The molecule has 0 unspecified atom stereocenters. The Bertz CT molecular complexity index is 329. The Labute approximate surface area is 174 Å². The lowest BCUT2D eigenvalue weighted by Crippen LogP contribution is -1.93. The van der Waals surface area contributed by atoms with Crippen molar-refractivity contribution >= 4 is 11.9 Å². The molecule has 0 heterocycles. The van der Waals surface area contributed by atoms with Gasteiger partial charge in [0.2, 0.25) is 0 Å². The minimum atomic E-state index is -0.682. The molecule has 0 rings (SSSR count). The first kappa shape index (κ1) is 29.1. The van der Waals surface area contributed by atoms with Crippen LogP contribution in [0.1, 0.15) is 142 Å². The number of carboxylic acid groups (broad SMARTS) is 2. The van der Waals surface area contributed by atoms with E-state index in [9.17, 15) is 9.59 Å². The standard InChI is InChI=1S/C18H36O2.C6H12O2/c1-2-3-4-5-6-7-8-9-10-11-12-13-14-15-16-17-18(19)20;1-2-3-4-5-6(7)8/h2-17H2,1H3,(H,19,20);2-5H2,1H3,(H,7,8). The zero-order valence-corrected chi connectivity index (χ0v) is 18.9. The maximum absolute atomic E-state index is 10.3. The van der Waals surface area contributed by atoms with Gasteiger partial charge in [0.25, 0.3) is 0 Å². The van der Waals surface area contributed by atoms with Crippen LogP contribution in [0.5, 0.6) is 0 Å². The molecule has 0 saturated carbocycles. The summed E-state index contributed by atoms with van der Waals surface area (Å²) in [4.78, 5) is 20.2. The Kier molecular flexibility index (Phi) is 27.0. The highest BCUT2D eigenvalue weighted by Crippen LogP contribution is 2.13. The molecule has 28 heavy (non-hydrogen) atoms. The lowest BCUT2D eigenvalue weighted by molar-refractivity contribution is -0.138. The largest absolute Gasteiger partial charge is 0.481 e. The van der Waals surface area contributed by atoms with Crippen LogP contribution in [0, 0.1) is 0 Å². The van der Waals surface area contributed by atoms with E-state index in [4.69, 9.17) is 10.2 Å². The third-order valence-electron chi connectivity index (χ3n) is 4.99. The van der Waals surface area contributed by atoms with Gasteiger partial charge in [0.1, 0.15) is 0 Å². The number of hydrogen-bond acceptors (Lipinski definition) is 2. The molecule has 0 spiro atoms. The van der Waals surface area contributed by atoms with Crippen LogP contribution in [0.15, 0.2) is 0 Å². The predicted octanol–water partition coefficient (Wildman–Crippen LogP) is 7.98. The summed E-state index contributed by atoms with van der Waals surface area (Å²) in [7, 11) is 0. The van der Waals surface area contributed by atoms with Gasteiger partial charge < -0.3 is 10.2 Å². The van der Waals surface area contributed by atoms with E-state index in [0.29, 0.717) is 12.8 Å². The Morgan fingerprint density at radius 3 is 0.929 bits per heavy atom. The molecular weight excluding hydrogens is 352 g/mol. The average molecular weight is 401 g/mol. The summed E-state index contributed by atoms with van der Waals surface area (Å²) in [6.07, 6.45) is 23.5. The molecule has 168 valence electrons. The number of carbonyl (C=O) groups is 2. The Balaban J connectivity index is 0. The fraction of sp³-hybridized carbons (Fsp3) is 0.917. The molecule has 0 aliphatic heterocycles. The molecular formula is C24H48O4. The van der Waals surface area contributed by atoms with Crippen LogP contribution in [-0.2, 0) is 9.59 Å². The highest BCUT2D eigenvalue weighted by atomic mass is 16.4. The number of unbranched alkanes of at least 4 members (excludes halogenated alkanes) is 16. The smallest absolute Gasteiger partial charge is 0.303 e. The lowest BCUT2D eigenvalue weighted by atomic mass is 10.0. The van der Waals surface area contributed by atoms with Crippen LogP contribution in [0.4, 0.5) is 0 Å². The Morgan fingerprint density at radius 1 is 0.429 bits per heavy atom. The molecule has 0 aromatic rings. The van der Waals surface area contributed by atoms with Crippen molar-refractivity contribution in [2.24, 2.45) is 0 Å². The monoisotopic (exact) mass is 400 g/mol. The quantitative estimate of drug-likeness (QED) is 0.203. The van der Waals surface area contributed by atoms with Crippen LogP contribution >= 0.6 is 0 Å². The highest BCUT2D eigenvalue weighted by molar-refractivity contribution is 5.66.